The number of rotatable bonds is 1. The summed E-state index contributed by atoms with van der Waals surface area (Å²) >= 11 is 0. The molecule has 0 aliphatic rings. The van der Waals surface area contributed by atoms with Crippen LogP contribution in [0.2, 0.25) is 0 Å². The van der Waals surface area contributed by atoms with E-state index in [1.54, 1.807) is 0 Å². The van der Waals surface area contributed by atoms with Crippen LogP contribution in [-0.2, 0) is 26.1 Å². The zero-order chi connectivity index (χ0) is 8.83. The van der Waals surface area contributed by atoms with Gasteiger partial charge in [0.2, 0.25) is 0 Å². The number of carbonyl (C=O) groups excluding carboxylic acids is 2. The Morgan fingerprint density at radius 3 is 1.09 bits per heavy atom. The van der Waals surface area contributed by atoms with Gasteiger partial charge in [0.1, 0.15) is 0 Å². The molecule has 0 aliphatic carbocycles. The molecule has 0 amide bonds. The minimum absolute atomic E-state index is 0. The van der Waals surface area contributed by atoms with Crippen LogP contribution in [0.3, 0.4) is 0 Å². The smallest absolute Gasteiger partial charge is 0.554 e. The van der Waals surface area contributed by atoms with E-state index >= 15 is 0 Å². The van der Waals surface area contributed by atoms with E-state index < -0.39 is 12.9 Å². The van der Waals surface area contributed by atoms with Crippen LogP contribution >= 0.6 is 0 Å². The van der Waals surface area contributed by atoms with Crippen molar-refractivity contribution in [3.05, 3.63) is 0 Å². The summed E-state index contributed by atoms with van der Waals surface area (Å²) in [6.45, 7) is 0.194. The largest absolute Gasteiger partial charge is 2.00 e. The molecule has 11 heavy (non-hydrogen) atoms. The van der Waals surface area contributed by atoms with Crippen LogP contribution in [0.1, 0.15) is 0 Å². The summed E-state index contributed by atoms with van der Waals surface area (Å²) in [5.41, 5.74) is 9.81. The third kappa shape index (κ3) is 4050. The van der Waals surface area contributed by atoms with Gasteiger partial charge in [-0.25, -0.2) is 0 Å². The van der Waals surface area contributed by atoms with Crippen LogP contribution in [0.5, 0.6) is 0 Å². The Labute approximate surface area is 74.5 Å². The second-order valence-electron chi connectivity index (χ2n) is 0.770. The molecule has 0 unspecified atom stereocenters. The Morgan fingerprint density at radius 2 is 1.09 bits per heavy atom. The van der Waals surface area contributed by atoms with Gasteiger partial charge in [-0.05, 0) is 0 Å². The van der Waals surface area contributed by atoms with E-state index in [-0.39, 0.29) is 16.5 Å². The average Bonchev–Trinajstić information content (AvgIpc) is 1.91. The molecule has 0 aromatic carbocycles. The fourth-order valence-corrected chi connectivity index (χ4v) is 0. The van der Waals surface area contributed by atoms with Gasteiger partial charge in [0.15, 0.2) is 0 Å². The normalized spacial score (nSPS) is 4.91. The molecule has 0 bridgehead atoms. The van der Waals surface area contributed by atoms with Crippen molar-refractivity contribution in [1.29, 1.82) is 0 Å². The van der Waals surface area contributed by atoms with Crippen LogP contribution in [0.25, 0.3) is 0 Å². The Kier molecular flexibility index (Phi) is 118. The van der Waals surface area contributed by atoms with E-state index in [0.29, 0.717) is 13.1 Å². The molecule has 0 aromatic heterocycles. The summed E-state index contributed by atoms with van der Waals surface area (Å²) in [7, 11) is 0. The first-order valence-electron chi connectivity index (χ1n) is 2.26. The Bertz CT molecular complexity index is 56.1. The zero-order valence-corrected chi connectivity index (χ0v) is 6.66. The second kappa shape index (κ2) is 58.0. The Morgan fingerprint density at radius 1 is 1.00 bits per heavy atom. The monoisotopic (exact) mass is 208 g/mol. The van der Waals surface area contributed by atoms with Crippen molar-refractivity contribution in [2.75, 3.05) is 13.1 Å². The summed E-state index contributed by atoms with van der Waals surface area (Å²) in [4.78, 5) is 16.5. The van der Waals surface area contributed by atoms with E-state index in [2.05, 4.69) is 0 Å². The molecule has 7 heteroatoms. The van der Waals surface area contributed by atoms with Gasteiger partial charge >= 0.3 is 16.5 Å². The van der Waals surface area contributed by atoms with Gasteiger partial charge in [-0.3, -0.25) is 0 Å². The fourth-order valence-electron chi connectivity index (χ4n) is 0. The Hall–Kier alpha value is -0.646. The third-order valence-electron chi connectivity index (χ3n) is 0.167. The number of carboxylic acid groups (broad SMARTS) is 2. The molecular formula is C4H10N2NiO4. The van der Waals surface area contributed by atoms with Gasteiger partial charge < -0.3 is 31.3 Å². The number of carbonyl (C=O) groups is 2. The number of nitrogens with two attached hydrogens (primary N) is 2. The minimum atomic E-state index is -0.500. The topological polar surface area (TPSA) is 132 Å². The molecule has 0 radical (unpaired) electrons. The van der Waals surface area contributed by atoms with Crippen molar-refractivity contribution in [3.8, 4) is 0 Å². The van der Waals surface area contributed by atoms with E-state index in [0.717, 1.165) is 0 Å². The molecule has 0 aromatic rings. The molecule has 0 rings (SSSR count). The first kappa shape index (κ1) is 22.4. The first-order valence-corrected chi connectivity index (χ1v) is 2.26. The first-order chi connectivity index (χ1) is 4.74. The second-order valence-corrected chi connectivity index (χ2v) is 0.770. The molecule has 70 valence electrons. The molecule has 6 nitrogen and oxygen atoms in total. The minimum Gasteiger partial charge on any atom is -0.554 e. The maximum atomic E-state index is 8.25. The summed E-state index contributed by atoms with van der Waals surface area (Å²) in [5, 5.41) is 16.5. The molecule has 0 atom stereocenters. The number of hydrogen-bond donors (Lipinski definition) is 2. The van der Waals surface area contributed by atoms with Gasteiger partial charge in [0.25, 0.3) is 0 Å². The predicted molar refractivity (Wildman–Crippen MR) is 30.2 cm³/mol. The van der Waals surface area contributed by atoms with Crippen molar-refractivity contribution in [3.63, 3.8) is 0 Å². The average molecular weight is 209 g/mol. The molecule has 0 heterocycles. The van der Waals surface area contributed by atoms with Crippen molar-refractivity contribution in [1.82, 2.24) is 0 Å². The van der Waals surface area contributed by atoms with Crippen molar-refractivity contribution in [2.24, 2.45) is 11.5 Å². The molecule has 0 spiro atoms. The summed E-state index contributed by atoms with van der Waals surface area (Å²) < 4.78 is 0. The van der Waals surface area contributed by atoms with Gasteiger partial charge in [-0.1, -0.05) is 0 Å². The van der Waals surface area contributed by atoms with Gasteiger partial charge in [0.05, 0.1) is 0 Å². The van der Waals surface area contributed by atoms with E-state index in [4.69, 9.17) is 31.3 Å². The van der Waals surface area contributed by atoms with Gasteiger partial charge in [-0.2, -0.15) is 0 Å². The molecule has 4 N–H and O–H groups in total. The van der Waals surface area contributed by atoms with Crippen LogP contribution < -0.4 is 21.7 Å². The van der Waals surface area contributed by atoms with Crippen LogP contribution in [-0.4, -0.2) is 26.0 Å². The van der Waals surface area contributed by atoms with E-state index in [1.165, 1.54) is 0 Å². The van der Waals surface area contributed by atoms with E-state index in [9.17, 15) is 0 Å². The van der Waals surface area contributed by atoms with Crippen molar-refractivity contribution >= 4 is 12.9 Å². The molecule has 0 saturated heterocycles. The maximum absolute atomic E-state index is 8.25. The van der Waals surface area contributed by atoms with E-state index in [1.807, 2.05) is 0 Å². The maximum Gasteiger partial charge on any atom is 2.00 e. The third-order valence-corrected chi connectivity index (χ3v) is 0.167. The summed E-state index contributed by atoms with van der Waals surface area (Å²) in [5.74, 6) is 0. The molecule has 0 saturated carbocycles. The molecular weight excluding hydrogens is 199 g/mol. The van der Waals surface area contributed by atoms with Crippen LogP contribution in [0.15, 0.2) is 0 Å². The quantitative estimate of drug-likeness (QED) is 0.331. The standard InChI is InChI=1S/C2H8N2.2CH2O2.Ni/c3-1-2-4;2*2-1-3;/h1-4H2;2*1H,(H,2,3);/q;;;+2/p-2. The molecule has 0 aliphatic heterocycles. The van der Waals surface area contributed by atoms with Crippen LogP contribution in [0.4, 0.5) is 0 Å². The predicted octanol–water partition coefficient (Wildman–Crippen LogP) is -4.37. The summed E-state index contributed by atoms with van der Waals surface area (Å²) in [6.07, 6.45) is 0. The SMILES string of the molecule is NCCN.O=C[O-].O=C[O-].[Ni+2]. The van der Waals surface area contributed by atoms with Crippen molar-refractivity contribution < 1.29 is 36.3 Å². The zero-order valence-electron chi connectivity index (χ0n) is 5.67. The fraction of sp³-hybridized carbons (Fsp3) is 0.500. The van der Waals surface area contributed by atoms with Crippen LogP contribution in [0, 0.1) is 0 Å². The molecule has 0 fully saturated rings. The Balaban J connectivity index is -0.0000000325. The number of hydrogen-bond acceptors (Lipinski definition) is 6. The van der Waals surface area contributed by atoms with Crippen molar-refractivity contribution in [2.45, 2.75) is 0 Å². The van der Waals surface area contributed by atoms with Gasteiger partial charge in [-0.15, -0.1) is 0 Å². The van der Waals surface area contributed by atoms with Gasteiger partial charge in [0, 0.05) is 26.0 Å². The summed E-state index contributed by atoms with van der Waals surface area (Å²) in [6, 6.07) is 0.